The maximum absolute atomic E-state index is 11.9. The van der Waals surface area contributed by atoms with Gasteiger partial charge in [-0.2, -0.15) is 4.31 Å². The second kappa shape index (κ2) is 4.26. The molecule has 7 heteroatoms. The van der Waals surface area contributed by atoms with Crippen LogP contribution in [0.5, 0.6) is 0 Å². The Morgan fingerprint density at radius 1 is 1.50 bits per heavy atom. The van der Waals surface area contributed by atoms with E-state index in [0.717, 1.165) is 4.31 Å². The number of furan rings is 1. The third-order valence-corrected chi connectivity index (χ3v) is 4.05. The van der Waals surface area contributed by atoms with Crippen molar-refractivity contribution in [3.8, 4) is 0 Å². The van der Waals surface area contributed by atoms with E-state index < -0.39 is 22.0 Å². The molecule has 0 radical (unpaired) electrons. The molecule has 0 fully saturated rings. The van der Waals surface area contributed by atoms with Gasteiger partial charge in [-0.3, -0.25) is 4.79 Å². The van der Waals surface area contributed by atoms with Crippen molar-refractivity contribution in [2.24, 2.45) is 0 Å². The summed E-state index contributed by atoms with van der Waals surface area (Å²) in [7, 11) is -2.68. The third-order valence-electron chi connectivity index (χ3n) is 2.25. The van der Waals surface area contributed by atoms with Crippen molar-refractivity contribution in [1.82, 2.24) is 4.31 Å². The van der Waals surface area contributed by atoms with E-state index >= 15 is 0 Å². The molecule has 16 heavy (non-hydrogen) atoms. The number of rotatable bonds is 4. The number of nitrogens with zero attached hydrogens (tertiary/aromatic N) is 1. The monoisotopic (exact) mass is 247 g/mol. The first kappa shape index (κ1) is 12.7. The van der Waals surface area contributed by atoms with E-state index in [9.17, 15) is 13.2 Å². The van der Waals surface area contributed by atoms with Gasteiger partial charge in [-0.25, -0.2) is 8.42 Å². The Morgan fingerprint density at radius 2 is 2.06 bits per heavy atom. The van der Waals surface area contributed by atoms with Gasteiger partial charge in [0.15, 0.2) is 0 Å². The largest absolute Gasteiger partial charge is 0.480 e. The average Bonchev–Trinajstić information content (AvgIpc) is 2.62. The van der Waals surface area contributed by atoms with Gasteiger partial charge in [-0.15, -0.1) is 0 Å². The van der Waals surface area contributed by atoms with Crippen molar-refractivity contribution < 1.29 is 22.7 Å². The van der Waals surface area contributed by atoms with Crippen molar-refractivity contribution in [3.63, 3.8) is 0 Å². The Bertz CT molecular complexity index is 490. The Labute approximate surface area is 93.5 Å². The number of hydrogen-bond acceptors (Lipinski definition) is 4. The molecule has 0 aliphatic carbocycles. The second-order valence-electron chi connectivity index (χ2n) is 3.40. The molecule has 1 atom stereocenters. The number of carboxylic acids is 1. The first-order valence-electron chi connectivity index (χ1n) is 4.54. The Balaban J connectivity index is 3.08. The average molecular weight is 247 g/mol. The molecule has 0 spiro atoms. The molecule has 0 bridgehead atoms. The van der Waals surface area contributed by atoms with Crippen LogP contribution in [-0.2, 0) is 14.8 Å². The van der Waals surface area contributed by atoms with Crippen molar-refractivity contribution in [2.45, 2.75) is 25.0 Å². The fourth-order valence-corrected chi connectivity index (χ4v) is 2.32. The Hall–Kier alpha value is -1.34. The lowest BCUT2D eigenvalue weighted by atomic mass is 10.4. The lowest BCUT2D eigenvalue weighted by molar-refractivity contribution is -0.140. The molecule has 0 aliphatic rings. The summed E-state index contributed by atoms with van der Waals surface area (Å²) in [5, 5.41) is 8.48. The SMILES string of the molecule is Cc1ccc(S(=O)(=O)N(C)C(C)C(=O)O)o1. The van der Waals surface area contributed by atoms with Gasteiger partial charge < -0.3 is 9.52 Å². The second-order valence-corrected chi connectivity index (χ2v) is 5.33. The molecule has 90 valence electrons. The summed E-state index contributed by atoms with van der Waals surface area (Å²) in [6.45, 7) is 2.90. The summed E-state index contributed by atoms with van der Waals surface area (Å²) in [5.74, 6) is -0.760. The van der Waals surface area contributed by atoms with Gasteiger partial charge in [0.2, 0.25) is 5.09 Å². The van der Waals surface area contributed by atoms with E-state index in [-0.39, 0.29) is 5.09 Å². The lowest BCUT2D eigenvalue weighted by Crippen LogP contribution is -2.40. The molecule has 1 unspecified atom stereocenters. The predicted octanol–water partition coefficient (Wildman–Crippen LogP) is 0.682. The van der Waals surface area contributed by atoms with E-state index in [4.69, 9.17) is 9.52 Å². The summed E-state index contributed by atoms with van der Waals surface area (Å²) in [4.78, 5) is 10.7. The minimum Gasteiger partial charge on any atom is -0.480 e. The van der Waals surface area contributed by atoms with E-state index in [2.05, 4.69) is 0 Å². The number of sulfonamides is 1. The zero-order valence-electron chi connectivity index (χ0n) is 9.17. The van der Waals surface area contributed by atoms with Gasteiger partial charge in [0.25, 0.3) is 10.0 Å². The number of carbonyl (C=O) groups is 1. The lowest BCUT2D eigenvalue weighted by Gasteiger charge is -2.19. The molecule has 6 nitrogen and oxygen atoms in total. The van der Waals surface area contributed by atoms with Gasteiger partial charge in [0.1, 0.15) is 11.8 Å². The zero-order valence-corrected chi connectivity index (χ0v) is 9.98. The number of likely N-dealkylation sites (N-methyl/N-ethyl adjacent to an activating group) is 1. The molecule has 0 aliphatic heterocycles. The molecular formula is C9H13NO5S. The van der Waals surface area contributed by atoms with E-state index in [1.54, 1.807) is 6.92 Å². The molecule has 1 N–H and O–H groups in total. The van der Waals surface area contributed by atoms with Crippen molar-refractivity contribution in [2.75, 3.05) is 7.05 Å². The van der Waals surface area contributed by atoms with Gasteiger partial charge >= 0.3 is 5.97 Å². The summed E-state index contributed by atoms with van der Waals surface area (Å²) in [6, 6.07) is 1.66. The Kier molecular flexibility index (Phi) is 3.39. The van der Waals surface area contributed by atoms with Crippen molar-refractivity contribution in [3.05, 3.63) is 17.9 Å². The molecule has 1 heterocycles. The first-order chi connectivity index (χ1) is 7.26. The highest BCUT2D eigenvalue weighted by molar-refractivity contribution is 7.89. The minimum absolute atomic E-state index is 0.249. The highest BCUT2D eigenvalue weighted by atomic mass is 32.2. The van der Waals surface area contributed by atoms with Crippen LogP contribution in [0.3, 0.4) is 0 Å². The molecule has 0 amide bonds. The molecule has 0 saturated heterocycles. The maximum Gasteiger partial charge on any atom is 0.321 e. The summed E-state index contributed by atoms with van der Waals surface area (Å²) < 4.78 is 29.5. The zero-order chi connectivity index (χ0) is 12.5. The topological polar surface area (TPSA) is 87.8 Å². The maximum atomic E-state index is 11.9. The van der Waals surface area contributed by atoms with Crippen LogP contribution in [0, 0.1) is 6.92 Å². The van der Waals surface area contributed by atoms with E-state index in [0.29, 0.717) is 5.76 Å². The fraction of sp³-hybridized carbons (Fsp3) is 0.444. The number of aryl methyl sites for hydroxylation is 1. The normalized spacial score (nSPS) is 14.0. The van der Waals surface area contributed by atoms with Crippen LogP contribution in [0.4, 0.5) is 0 Å². The van der Waals surface area contributed by atoms with Gasteiger partial charge in [0, 0.05) is 7.05 Å². The van der Waals surface area contributed by atoms with Crippen LogP contribution in [0.15, 0.2) is 21.6 Å². The highest BCUT2D eigenvalue weighted by Gasteiger charge is 2.31. The summed E-state index contributed by atoms with van der Waals surface area (Å²) in [5.41, 5.74) is 0. The van der Waals surface area contributed by atoms with Gasteiger partial charge in [0.05, 0.1) is 0 Å². The van der Waals surface area contributed by atoms with Crippen LogP contribution >= 0.6 is 0 Å². The van der Waals surface area contributed by atoms with E-state index in [1.807, 2.05) is 0 Å². The molecule has 0 aromatic carbocycles. The number of aliphatic carboxylic acids is 1. The van der Waals surface area contributed by atoms with E-state index in [1.165, 1.54) is 26.1 Å². The van der Waals surface area contributed by atoms with Crippen LogP contribution < -0.4 is 0 Å². The molecule has 0 saturated carbocycles. The van der Waals surface area contributed by atoms with Crippen LogP contribution in [0.2, 0.25) is 0 Å². The predicted molar refractivity (Wildman–Crippen MR) is 55.5 cm³/mol. The number of hydrogen-bond donors (Lipinski definition) is 1. The fourth-order valence-electron chi connectivity index (χ4n) is 1.06. The van der Waals surface area contributed by atoms with Crippen LogP contribution in [-0.4, -0.2) is 36.9 Å². The Morgan fingerprint density at radius 3 is 2.44 bits per heavy atom. The quantitative estimate of drug-likeness (QED) is 0.845. The molecule has 1 aromatic rings. The standard InChI is InChI=1S/C9H13NO5S/c1-6-4-5-8(15-6)16(13,14)10(3)7(2)9(11)12/h4-5,7H,1-3H3,(H,11,12). The van der Waals surface area contributed by atoms with Crippen molar-refractivity contribution >= 4 is 16.0 Å². The van der Waals surface area contributed by atoms with Crippen LogP contribution in [0.1, 0.15) is 12.7 Å². The molecular weight excluding hydrogens is 234 g/mol. The number of carboxylic acid groups (broad SMARTS) is 1. The van der Waals surface area contributed by atoms with Gasteiger partial charge in [-0.05, 0) is 26.0 Å². The summed E-state index contributed by atoms with van der Waals surface area (Å²) in [6.07, 6.45) is 0. The summed E-state index contributed by atoms with van der Waals surface area (Å²) >= 11 is 0. The molecule has 1 aromatic heterocycles. The van der Waals surface area contributed by atoms with Crippen molar-refractivity contribution in [1.29, 1.82) is 0 Å². The minimum atomic E-state index is -3.88. The highest BCUT2D eigenvalue weighted by Crippen LogP contribution is 2.18. The smallest absolute Gasteiger partial charge is 0.321 e. The van der Waals surface area contributed by atoms with Crippen LogP contribution in [0.25, 0.3) is 0 Å². The van der Waals surface area contributed by atoms with Gasteiger partial charge in [-0.1, -0.05) is 0 Å². The third kappa shape index (κ3) is 2.25. The first-order valence-corrected chi connectivity index (χ1v) is 5.98. The molecule has 1 rings (SSSR count).